The fourth-order valence-electron chi connectivity index (χ4n) is 1.84. The maximum absolute atomic E-state index is 13.1. The molecule has 2 aromatic rings. The van der Waals surface area contributed by atoms with E-state index in [4.69, 9.17) is 0 Å². The van der Waals surface area contributed by atoms with Gasteiger partial charge >= 0.3 is 0 Å². The van der Waals surface area contributed by atoms with E-state index >= 15 is 0 Å². The minimum absolute atomic E-state index is 0.163. The van der Waals surface area contributed by atoms with Crippen LogP contribution in [-0.4, -0.2) is 5.91 Å². The molecule has 1 amide bonds. The number of anilines is 1. The molecule has 0 unspecified atom stereocenters. The average molecular weight is 257 g/mol. The quantitative estimate of drug-likeness (QED) is 0.891. The molecule has 1 N–H and O–H groups in total. The normalized spacial score (nSPS) is 11.1. The van der Waals surface area contributed by atoms with Gasteiger partial charge in [0.25, 0.3) is 0 Å². The molecular weight excluding hydrogens is 241 g/mol. The number of halogens is 1. The monoisotopic (exact) mass is 257 g/mol. The van der Waals surface area contributed by atoms with Crippen LogP contribution in [0.4, 0.5) is 10.1 Å². The van der Waals surface area contributed by atoms with E-state index in [-0.39, 0.29) is 11.7 Å². The second-order valence-corrected chi connectivity index (χ2v) is 4.96. The van der Waals surface area contributed by atoms with E-state index in [0.29, 0.717) is 5.69 Å². The van der Waals surface area contributed by atoms with E-state index in [9.17, 15) is 9.18 Å². The molecule has 0 radical (unpaired) electrons. The molecule has 0 bridgehead atoms. The Kier molecular flexibility index (Phi) is 3.65. The molecule has 0 atom stereocenters. The highest BCUT2D eigenvalue weighted by Gasteiger charge is 2.29. The molecule has 2 rings (SSSR count). The van der Waals surface area contributed by atoms with Gasteiger partial charge in [-0.3, -0.25) is 4.79 Å². The van der Waals surface area contributed by atoms with E-state index in [1.807, 2.05) is 44.2 Å². The Hall–Kier alpha value is -2.16. The summed E-state index contributed by atoms with van der Waals surface area (Å²) in [5.74, 6) is -0.528. The van der Waals surface area contributed by atoms with E-state index in [2.05, 4.69) is 5.32 Å². The topological polar surface area (TPSA) is 29.1 Å². The first kappa shape index (κ1) is 13.3. The molecule has 3 heteroatoms. The molecule has 0 aromatic heterocycles. The fourth-order valence-corrected chi connectivity index (χ4v) is 1.84. The molecule has 0 fully saturated rings. The third-order valence-electron chi connectivity index (χ3n) is 3.15. The summed E-state index contributed by atoms with van der Waals surface area (Å²) in [4.78, 5) is 12.3. The molecular formula is C16H16FNO. The molecule has 2 aromatic carbocycles. The van der Waals surface area contributed by atoms with Crippen LogP contribution in [0.3, 0.4) is 0 Å². The maximum atomic E-state index is 13.1. The average Bonchev–Trinajstić information content (AvgIpc) is 2.39. The van der Waals surface area contributed by atoms with Crippen molar-refractivity contribution in [2.75, 3.05) is 5.32 Å². The lowest BCUT2D eigenvalue weighted by molar-refractivity contribution is -0.120. The molecule has 0 aliphatic carbocycles. The van der Waals surface area contributed by atoms with Gasteiger partial charge in [-0.05, 0) is 37.6 Å². The van der Waals surface area contributed by atoms with Gasteiger partial charge in [0.05, 0.1) is 5.41 Å². The molecule has 19 heavy (non-hydrogen) atoms. The number of hydrogen-bond donors (Lipinski definition) is 1. The molecule has 0 heterocycles. The smallest absolute Gasteiger partial charge is 0.234 e. The van der Waals surface area contributed by atoms with Crippen LogP contribution in [0, 0.1) is 5.82 Å². The molecule has 98 valence electrons. The van der Waals surface area contributed by atoms with Crippen LogP contribution >= 0.6 is 0 Å². The van der Waals surface area contributed by atoms with Crippen molar-refractivity contribution >= 4 is 11.6 Å². The zero-order valence-corrected chi connectivity index (χ0v) is 11.0. The third-order valence-corrected chi connectivity index (χ3v) is 3.15. The third kappa shape index (κ3) is 2.99. The fraction of sp³-hybridized carbons (Fsp3) is 0.188. The molecule has 2 nitrogen and oxygen atoms in total. The van der Waals surface area contributed by atoms with Crippen LogP contribution in [0.5, 0.6) is 0 Å². The summed E-state index contributed by atoms with van der Waals surface area (Å²) >= 11 is 0. The van der Waals surface area contributed by atoms with Crippen molar-refractivity contribution < 1.29 is 9.18 Å². The number of nitrogens with one attached hydrogen (secondary N) is 1. The number of rotatable bonds is 3. The van der Waals surface area contributed by atoms with E-state index < -0.39 is 5.41 Å². The Morgan fingerprint density at radius 3 is 2.37 bits per heavy atom. The number of carbonyl (C=O) groups excluding carboxylic acids is 1. The molecule has 0 aliphatic rings. The van der Waals surface area contributed by atoms with Gasteiger partial charge in [-0.25, -0.2) is 4.39 Å². The van der Waals surface area contributed by atoms with Crippen molar-refractivity contribution in [1.29, 1.82) is 0 Å². The largest absolute Gasteiger partial charge is 0.325 e. The number of hydrogen-bond acceptors (Lipinski definition) is 1. The van der Waals surface area contributed by atoms with Crippen LogP contribution in [0.15, 0.2) is 54.6 Å². The minimum atomic E-state index is -0.673. The highest BCUT2D eigenvalue weighted by molar-refractivity contribution is 5.98. The predicted molar refractivity (Wildman–Crippen MR) is 74.5 cm³/mol. The first-order valence-corrected chi connectivity index (χ1v) is 6.13. The highest BCUT2D eigenvalue weighted by Crippen LogP contribution is 2.25. The van der Waals surface area contributed by atoms with Gasteiger partial charge in [0.2, 0.25) is 5.91 Å². The first-order chi connectivity index (χ1) is 9.00. The van der Waals surface area contributed by atoms with E-state index in [1.54, 1.807) is 12.1 Å². The van der Waals surface area contributed by atoms with Gasteiger partial charge in [0.15, 0.2) is 0 Å². The summed E-state index contributed by atoms with van der Waals surface area (Å²) < 4.78 is 13.1. The van der Waals surface area contributed by atoms with Crippen LogP contribution in [0.2, 0.25) is 0 Å². The molecule has 0 saturated heterocycles. The zero-order valence-electron chi connectivity index (χ0n) is 11.0. The summed E-state index contributed by atoms with van der Waals surface area (Å²) in [6.07, 6.45) is 0. The van der Waals surface area contributed by atoms with Gasteiger partial charge in [0, 0.05) is 5.69 Å². The summed E-state index contributed by atoms with van der Waals surface area (Å²) in [6.45, 7) is 3.69. The molecule has 0 aliphatic heterocycles. The Morgan fingerprint density at radius 2 is 1.74 bits per heavy atom. The lowest BCUT2D eigenvalue weighted by atomic mass is 9.83. The first-order valence-electron chi connectivity index (χ1n) is 6.13. The van der Waals surface area contributed by atoms with Gasteiger partial charge in [0.1, 0.15) is 5.82 Å². The van der Waals surface area contributed by atoms with Gasteiger partial charge in [-0.1, -0.05) is 36.4 Å². The standard InChI is InChI=1S/C16H16FNO/c1-16(2,12-7-4-3-5-8-12)15(19)18-14-10-6-9-13(17)11-14/h3-11H,1-2H3,(H,18,19). The van der Waals surface area contributed by atoms with Crippen molar-refractivity contribution in [2.45, 2.75) is 19.3 Å². The SMILES string of the molecule is CC(C)(C(=O)Nc1cccc(F)c1)c1ccccc1. The summed E-state index contributed by atoms with van der Waals surface area (Å²) in [6, 6.07) is 15.4. The van der Waals surface area contributed by atoms with Crippen molar-refractivity contribution in [3.05, 3.63) is 66.0 Å². The Morgan fingerprint density at radius 1 is 1.05 bits per heavy atom. The maximum Gasteiger partial charge on any atom is 0.234 e. The minimum Gasteiger partial charge on any atom is -0.325 e. The Bertz CT molecular complexity index is 578. The van der Waals surface area contributed by atoms with Gasteiger partial charge in [-0.15, -0.1) is 0 Å². The second kappa shape index (κ2) is 5.22. The lowest BCUT2D eigenvalue weighted by Crippen LogP contribution is -2.34. The van der Waals surface area contributed by atoms with Gasteiger partial charge in [-0.2, -0.15) is 0 Å². The predicted octanol–water partition coefficient (Wildman–Crippen LogP) is 3.74. The molecule has 0 spiro atoms. The van der Waals surface area contributed by atoms with Crippen LogP contribution in [0.25, 0.3) is 0 Å². The Balaban J connectivity index is 2.20. The summed E-state index contributed by atoms with van der Waals surface area (Å²) in [5.41, 5.74) is 0.714. The van der Waals surface area contributed by atoms with Crippen molar-refractivity contribution in [2.24, 2.45) is 0 Å². The van der Waals surface area contributed by atoms with Crippen LogP contribution in [-0.2, 0) is 10.2 Å². The number of benzene rings is 2. The molecule has 0 saturated carbocycles. The summed E-state index contributed by atoms with van der Waals surface area (Å²) in [7, 11) is 0. The van der Waals surface area contributed by atoms with Crippen molar-refractivity contribution in [3.8, 4) is 0 Å². The number of carbonyl (C=O) groups is 1. The van der Waals surface area contributed by atoms with Crippen LogP contribution < -0.4 is 5.32 Å². The lowest BCUT2D eigenvalue weighted by Gasteiger charge is -2.24. The van der Waals surface area contributed by atoms with Gasteiger partial charge < -0.3 is 5.32 Å². The Labute approximate surface area is 112 Å². The van der Waals surface area contributed by atoms with E-state index in [0.717, 1.165) is 5.56 Å². The van der Waals surface area contributed by atoms with E-state index in [1.165, 1.54) is 12.1 Å². The van der Waals surface area contributed by atoms with Crippen molar-refractivity contribution in [1.82, 2.24) is 0 Å². The summed E-state index contributed by atoms with van der Waals surface area (Å²) in [5, 5.41) is 2.74. The zero-order chi connectivity index (χ0) is 13.9. The van der Waals surface area contributed by atoms with Crippen molar-refractivity contribution in [3.63, 3.8) is 0 Å². The second-order valence-electron chi connectivity index (χ2n) is 4.96. The van der Waals surface area contributed by atoms with Crippen LogP contribution in [0.1, 0.15) is 19.4 Å². The highest BCUT2D eigenvalue weighted by atomic mass is 19.1. The number of amides is 1.